The molecule has 0 saturated carbocycles. The molecule has 1 heterocycles. The summed E-state index contributed by atoms with van der Waals surface area (Å²) in [6.07, 6.45) is 0. The summed E-state index contributed by atoms with van der Waals surface area (Å²) in [5, 5.41) is 0. The molecule has 19 heavy (non-hydrogen) atoms. The van der Waals surface area contributed by atoms with Gasteiger partial charge in [-0.25, -0.2) is 0 Å². The maximum atomic E-state index is 12.5. The van der Waals surface area contributed by atoms with Crippen molar-refractivity contribution in [2.45, 2.75) is 13.0 Å². The first-order valence-electron chi connectivity index (χ1n) is 6.18. The smallest absolute Gasteiger partial charge is 0.224 e. The van der Waals surface area contributed by atoms with Crippen LogP contribution < -0.4 is 4.90 Å². The molecule has 0 bridgehead atoms. The van der Waals surface area contributed by atoms with Gasteiger partial charge in [0.25, 0.3) is 0 Å². The Balaban J connectivity index is 2.17. The quantitative estimate of drug-likeness (QED) is 0.781. The summed E-state index contributed by atoms with van der Waals surface area (Å²) in [5.74, 6) is -0.135. The van der Waals surface area contributed by atoms with E-state index in [9.17, 15) is 9.59 Å². The highest BCUT2D eigenvalue weighted by Crippen LogP contribution is 2.39. The van der Waals surface area contributed by atoms with Crippen molar-refractivity contribution in [1.82, 2.24) is 0 Å². The summed E-state index contributed by atoms with van der Waals surface area (Å²) < 4.78 is 0. The third-order valence-corrected chi connectivity index (χ3v) is 3.39. The van der Waals surface area contributed by atoms with Crippen LogP contribution in [-0.2, 0) is 4.79 Å². The lowest BCUT2D eigenvalue weighted by atomic mass is 10.0. The van der Waals surface area contributed by atoms with Crippen LogP contribution >= 0.6 is 0 Å². The van der Waals surface area contributed by atoms with Crippen molar-refractivity contribution in [2.24, 2.45) is 0 Å². The van der Waals surface area contributed by atoms with Crippen LogP contribution in [0.1, 0.15) is 28.9 Å². The van der Waals surface area contributed by atoms with Crippen molar-refractivity contribution in [1.29, 1.82) is 0 Å². The molecule has 0 saturated heterocycles. The maximum Gasteiger partial charge on any atom is 0.224 e. The molecule has 0 aliphatic carbocycles. The summed E-state index contributed by atoms with van der Waals surface area (Å²) in [6, 6.07) is 16.1. The van der Waals surface area contributed by atoms with Crippen LogP contribution in [0.15, 0.2) is 54.6 Å². The molecule has 3 heteroatoms. The number of Topliss-reactive ketones (excluding diaryl/α,β-unsaturated/α-hetero) is 1. The van der Waals surface area contributed by atoms with E-state index in [0.29, 0.717) is 11.3 Å². The lowest BCUT2D eigenvalue weighted by Gasteiger charge is -2.23. The van der Waals surface area contributed by atoms with Gasteiger partial charge in [0, 0.05) is 12.5 Å². The highest BCUT2D eigenvalue weighted by molar-refractivity contribution is 6.17. The average molecular weight is 251 g/mol. The number of benzene rings is 2. The van der Waals surface area contributed by atoms with Crippen LogP contribution in [0.25, 0.3) is 0 Å². The molecule has 2 aromatic carbocycles. The van der Waals surface area contributed by atoms with Crippen LogP contribution in [-0.4, -0.2) is 11.7 Å². The minimum absolute atomic E-state index is 0.0167. The number of para-hydroxylation sites is 1. The number of hydrogen-bond acceptors (Lipinski definition) is 2. The standard InChI is InChI=1S/C16H13NO2/c1-11(18)17-14-10-6-5-9-13(14)16(19)15(17)12-7-3-2-4-8-12/h2-10,15H,1H3. The van der Waals surface area contributed by atoms with Gasteiger partial charge in [0.1, 0.15) is 6.04 Å². The zero-order valence-electron chi connectivity index (χ0n) is 10.5. The fourth-order valence-electron chi connectivity index (χ4n) is 2.58. The number of carbonyl (C=O) groups is 2. The Morgan fingerprint density at radius 1 is 1.00 bits per heavy atom. The Morgan fingerprint density at radius 2 is 1.63 bits per heavy atom. The number of hydrogen-bond donors (Lipinski definition) is 0. The lowest BCUT2D eigenvalue weighted by Crippen LogP contribution is -2.31. The molecule has 1 unspecified atom stereocenters. The molecule has 3 nitrogen and oxygen atoms in total. The van der Waals surface area contributed by atoms with E-state index in [1.165, 1.54) is 6.92 Å². The van der Waals surface area contributed by atoms with Gasteiger partial charge in [-0.05, 0) is 17.7 Å². The van der Waals surface area contributed by atoms with Crippen molar-refractivity contribution in [3.8, 4) is 0 Å². The zero-order valence-corrected chi connectivity index (χ0v) is 10.5. The first-order valence-corrected chi connectivity index (χ1v) is 6.18. The normalized spacial score (nSPS) is 17.4. The molecule has 1 atom stereocenters. The Morgan fingerprint density at radius 3 is 2.32 bits per heavy atom. The van der Waals surface area contributed by atoms with E-state index in [-0.39, 0.29) is 11.7 Å². The summed E-state index contributed by atoms with van der Waals surface area (Å²) in [4.78, 5) is 26.0. The van der Waals surface area contributed by atoms with Crippen LogP contribution in [0.5, 0.6) is 0 Å². The number of carbonyl (C=O) groups excluding carboxylic acids is 2. The molecule has 0 radical (unpaired) electrons. The molecule has 0 aromatic heterocycles. The molecule has 94 valence electrons. The Labute approximate surface area is 111 Å². The molecule has 1 aliphatic heterocycles. The Kier molecular flexibility index (Phi) is 2.67. The number of nitrogens with zero attached hydrogens (tertiary/aromatic N) is 1. The summed E-state index contributed by atoms with van der Waals surface area (Å²) in [5.41, 5.74) is 2.17. The fourth-order valence-corrected chi connectivity index (χ4v) is 2.58. The van der Waals surface area contributed by atoms with E-state index in [4.69, 9.17) is 0 Å². The van der Waals surface area contributed by atoms with Gasteiger partial charge in [-0.3, -0.25) is 14.5 Å². The summed E-state index contributed by atoms with van der Waals surface area (Å²) in [7, 11) is 0. The maximum absolute atomic E-state index is 12.5. The van der Waals surface area contributed by atoms with Gasteiger partial charge in [0.2, 0.25) is 5.91 Å². The molecule has 0 fully saturated rings. The monoisotopic (exact) mass is 251 g/mol. The van der Waals surface area contributed by atoms with E-state index in [0.717, 1.165) is 5.56 Å². The SMILES string of the molecule is CC(=O)N1c2ccccc2C(=O)C1c1ccccc1. The fraction of sp³-hybridized carbons (Fsp3) is 0.125. The number of fused-ring (bicyclic) bond motifs is 1. The summed E-state index contributed by atoms with van der Waals surface area (Å²) in [6.45, 7) is 1.49. The second-order valence-corrected chi connectivity index (χ2v) is 4.58. The molecule has 1 amide bonds. The molecule has 3 rings (SSSR count). The second kappa shape index (κ2) is 4.35. The highest BCUT2D eigenvalue weighted by Gasteiger charge is 2.39. The number of amides is 1. The van der Waals surface area contributed by atoms with Crippen LogP contribution in [0.3, 0.4) is 0 Å². The molecular formula is C16H13NO2. The van der Waals surface area contributed by atoms with Crippen molar-refractivity contribution >= 4 is 17.4 Å². The predicted octanol–water partition coefficient (Wildman–Crippen LogP) is 2.98. The third-order valence-electron chi connectivity index (χ3n) is 3.39. The van der Waals surface area contributed by atoms with Crippen molar-refractivity contribution in [3.63, 3.8) is 0 Å². The Hall–Kier alpha value is -2.42. The predicted molar refractivity (Wildman–Crippen MR) is 73.1 cm³/mol. The lowest BCUT2D eigenvalue weighted by molar-refractivity contribution is -0.116. The Bertz CT molecular complexity index is 649. The van der Waals surface area contributed by atoms with Gasteiger partial charge in [0.05, 0.1) is 5.69 Å². The van der Waals surface area contributed by atoms with E-state index < -0.39 is 6.04 Å². The largest absolute Gasteiger partial charge is 0.297 e. The first kappa shape index (κ1) is 11.7. The molecule has 2 aromatic rings. The van der Waals surface area contributed by atoms with Gasteiger partial charge >= 0.3 is 0 Å². The van der Waals surface area contributed by atoms with Gasteiger partial charge in [-0.1, -0.05) is 42.5 Å². The minimum Gasteiger partial charge on any atom is -0.297 e. The van der Waals surface area contributed by atoms with E-state index in [2.05, 4.69) is 0 Å². The molecule has 0 spiro atoms. The average Bonchev–Trinajstić information content (AvgIpc) is 2.74. The summed E-state index contributed by atoms with van der Waals surface area (Å²) >= 11 is 0. The molecule has 1 aliphatic rings. The van der Waals surface area contributed by atoms with Crippen molar-refractivity contribution < 1.29 is 9.59 Å². The van der Waals surface area contributed by atoms with Crippen LogP contribution in [0.2, 0.25) is 0 Å². The number of anilines is 1. The van der Waals surface area contributed by atoms with E-state index >= 15 is 0 Å². The van der Waals surface area contributed by atoms with Gasteiger partial charge in [0.15, 0.2) is 5.78 Å². The molecule has 0 N–H and O–H groups in total. The van der Waals surface area contributed by atoms with Gasteiger partial charge in [-0.2, -0.15) is 0 Å². The van der Waals surface area contributed by atoms with Crippen molar-refractivity contribution in [3.05, 3.63) is 65.7 Å². The van der Waals surface area contributed by atoms with Gasteiger partial charge < -0.3 is 0 Å². The van der Waals surface area contributed by atoms with E-state index in [1.54, 1.807) is 11.0 Å². The van der Waals surface area contributed by atoms with E-state index in [1.807, 2.05) is 48.5 Å². The van der Waals surface area contributed by atoms with Crippen molar-refractivity contribution in [2.75, 3.05) is 4.90 Å². The highest BCUT2D eigenvalue weighted by atomic mass is 16.2. The third kappa shape index (κ3) is 1.74. The second-order valence-electron chi connectivity index (χ2n) is 4.58. The topological polar surface area (TPSA) is 37.4 Å². The van der Waals surface area contributed by atoms with Crippen LogP contribution in [0.4, 0.5) is 5.69 Å². The van der Waals surface area contributed by atoms with Crippen LogP contribution in [0, 0.1) is 0 Å². The minimum atomic E-state index is -0.531. The first-order chi connectivity index (χ1) is 9.20. The molecular weight excluding hydrogens is 238 g/mol. The van der Waals surface area contributed by atoms with Gasteiger partial charge in [-0.15, -0.1) is 0 Å². The zero-order chi connectivity index (χ0) is 13.4. The number of rotatable bonds is 1. The number of ketones is 1.